The Morgan fingerprint density at radius 2 is 0.943 bits per heavy atom. The van der Waals surface area contributed by atoms with Gasteiger partial charge in [0.2, 0.25) is 0 Å². The summed E-state index contributed by atoms with van der Waals surface area (Å²) in [5.41, 5.74) is 25.2. The summed E-state index contributed by atoms with van der Waals surface area (Å²) in [5, 5.41) is 0. The molecule has 0 spiro atoms. The number of benzene rings is 10. The maximum absolute atomic E-state index is 2.57. The van der Waals surface area contributed by atoms with Gasteiger partial charge in [0.25, 0.3) is 6.71 Å². The Labute approximate surface area is 413 Å². The van der Waals surface area contributed by atoms with E-state index in [4.69, 9.17) is 0 Å². The van der Waals surface area contributed by atoms with Crippen molar-refractivity contribution in [2.75, 3.05) is 14.7 Å². The van der Waals surface area contributed by atoms with Crippen molar-refractivity contribution in [2.24, 2.45) is 0 Å². The summed E-state index contributed by atoms with van der Waals surface area (Å²) in [7, 11) is 0. The van der Waals surface area contributed by atoms with Crippen molar-refractivity contribution in [1.29, 1.82) is 0 Å². The Hall–Kier alpha value is -8.34. The van der Waals surface area contributed by atoms with Gasteiger partial charge in [-0.15, -0.1) is 0 Å². The van der Waals surface area contributed by atoms with Crippen LogP contribution in [0.15, 0.2) is 237 Å². The Balaban J connectivity index is 1.14. The highest BCUT2D eigenvalue weighted by Gasteiger charge is 2.44. The molecule has 2 heterocycles. The van der Waals surface area contributed by atoms with Crippen molar-refractivity contribution in [3.05, 3.63) is 253 Å². The maximum atomic E-state index is 2.57. The summed E-state index contributed by atoms with van der Waals surface area (Å²) < 4.78 is 0. The van der Waals surface area contributed by atoms with E-state index in [0.717, 1.165) is 28.4 Å². The second-order valence-electron chi connectivity index (χ2n) is 19.9. The number of hydrogen-bond acceptors (Lipinski definition) is 3. The third kappa shape index (κ3) is 7.48. The molecule has 10 aromatic rings. The molecule has 0 aromatic heterocycles. The quantitative estimate of drug-likeness (QED) is 0.141. The highest BCUT2D eigenvalue weighted by Crippen LogP contribution is 2.49. The third-order valence-corrected chi connectivity index (χ3v) is 14.4. The number of hydrogen-bond donors (Lipinski definition) is 0. The lowest BCUT2D eigenvalue weighted by atomic mass is 9.33. The first kappa shape index (κ1) is 43.0. The fourth-order valence-corrected chi connectivity index (χ4v) is 11.0. The average Bonchev–Trinajstić information content (AvgIpc) is 3.39. The molecule has 0 fully saturated rings. The number of nitrogens with zero attached hydrogens (tertiary/aromatic N) is 3. The minimum atomic E-state index is -0.0645. The van der Waals surface area contributed by atoms with Gasteiger partial charge in [-0.05, 0) is 153 Å². The molecule has 4 heteroatoms. The molecule has 0 amide bonds. The first-order valence-electron chi connectivity index (χ1n) is 24.5. The maximum Gasteiger partial charge on any atom is 0.252 e. The molecule has 3 nitrogen and oxygen atoms in total. The topological polar surface area (TPSA) is 9.72 Å². The minimum absolute atomic E-state index is 0.0125. The Bertz CT molecular complexity index is 3510. The summed E-state index contributed by atoms with van der Waals surface area (Å²) in [6.07, 6.45) is 0. The van der Waals surface area contributed by atoms with E-state index in [9.17, 15) is 0 Å². The van der Waals surface area contributed by atoms with Crippen LogP contribution < -0.4 is 31.1 Å². The third-order valence-electron chi connectivity index (χ3n) is 14.4. The summed E-state index contributed by atoms with van der Waals surface area (Å²) >= 11 is 0. The standard InChI is InChI=1S/C66H54BN3/c1-45-29-37-56(46(2)41-45)57-42-49(47-19-10-6-11-20-47)30-39-60(57)70-61-40-31-50(48-21-12-7-13-22-48)43-59(61)67-58-38-36-55(68(52-23-14-8-15-24-52)53-25-16-9-17-26-53)44-64(58)69(62-27-18-28-63(70)65(62)67)54-34-32-51(33-35-54)66(3,4)5/h6-44H,1-5H3. The zero-order chi connectivity index (χ0) is 47.5. The minimum Gasteiger partial charge on any atom is -0.311 e. The molecule has 0 atom stereocenters. The van der Waals surface area contributed by atoms with Crippen molar-refractivity contribution in [3.8, 4) is 33.4 Å². The molecule has 0 unspecified atom stereocenters. The zero-order valence-corrected chi connectivity index (χ0v) is 40.4. The molecule has 0 bridgehead atoms. The van der Waals surface area contributed by atoms with Crippen LogP contribution in [0, 0.1) is 13.8 Å². The van der Waals surface area contributed by atoms with Crippen molar-refractivity contribution in [2.45, 2.75) is 40.0 Å². The highest BCUT2D eigenvalue weighted by molar-refractivity contribution is 7.00. The van der Waals surface area contributed by atoms with Crippen LogP contribution in [-0.4, -0.2) is 6.71 Å². The lowest BCUT2D eigenvalue weighted by Crippen LogP contribution is -2.61. The van der Waals surface area contributed by atoms with Crippen LogP contribution in [0.5, 0.6) is 0 Å². The van der Waals surface area contributed by atoms with E-state index in [1.165, 1.54) is 89.2 Å². The van der Waals surface area contributed by atoms with Crippen molar-refractivity contribution in [3.63, 3.8) is 0 Å². The normalized spacial score (nSPS) is 12.6. The van der Waals surface area contributed by atoms with Gasteiger partial charge in [-0.3, -0.25) is 0 Å². The predicted octanol–water partition coefficient (Wildman–Crippen LogP) is 16.2. The summed E-state index contributed by atoms with van der Waals surface area (Å²) in [4.78, 5) is 7.48. The average molecular weight is 900 g/mol. The lowest BCUT2D eigenvalue weighted by molar-refractivity contribution is 0.590. The molecule has 0 saturated heterocycles. The van der Waals surface area contributed by atoms with E-state index >= 15 is 0 Å². The molecule has 0 N–H and O–H groups in total. The Kier molecular flexibility index (Phi) is 10.6. The smallest absolute Gasteiger partial charge is 0.252 e. The molecular formula is C66H54BN3. The van der Waals surface area contributed by atoms with Crippen LogP contribution in [0.1, 0.15) is 37.5 Å². The summed E-state index contributed by atoms with van der Waals surface area (Å²) in [6.45, 7) is 11.2. The van der Waals surface area contributed by atoms with Crippen LogP contribution in [0.25, 0.3) is 33.4 Å². The van der Waals surface area contributed by atoms with Crippen molar-refractivity contribution >= 4 is 74.3 Å². The van der Waals surface area contributed by atoms with Crippen molar-refractivity contribution in [1.82, 2.24) is 0 Å². The fourth-order valence-electron chi connectivity index (χ4n) is 11.0. The molecule has 10 aromatic carbocycles. The fraction of sp³-hybridized carbons (Fsp3) is 0.0909. The molecule has 0 aliphatic carbocycles. The molecule has 70 heavy (non-hydrogen) atoms. The molecule has 2 aliphatic rings. The largest absolute Gasteiger partial charge is 0.311 e. The van der Waals surface area contributed by atoms with Gasteiger partial charge in [-0.1, -0.05) is 184 Å². The van der Waals surface area contributed by atoms with Gasteiger partial charge in [-0.2, -0.15) is 0 Å². The molecule has 336 valence electrons. The lowest BCUT2D eigenvalue weighted by Gasteiger charge is -2.45. The van der Waals surface area contributed by atoms with Gasteiger partial charge in [0.15, 0.2) is 0 Å². The molecular weight excluding hydrogens is 846 g/mol. The molecule has 0 saturated carbocycles. The first-order valence-corrected chi connectivity index (χ1v) is 24.5. The number of rotatable bonds is 8. The Morgan fingerprint density at radius 3 is 1.54 bits per heavy atom. The SMILES string of the molecule is Cc1ccc(-c2cc(-c3ccccc3)ccc2N2c3ccc(-c4ccccc4)cc3B3c4ccc(N(c5ccccc5)c5ccccc5)cc4N(c4ccc(C(C)(C)C)cc4)c4cccc2c43)c(C)c1. The van der Waals surface area contributed by atoms with E-state index in [2.05, 4.69) is 286 Å². The van der Waals surface area contributed by atoms with E-state index < -0.39 is 0 Å². The predicted molar refractivity (Wildman–Crippen MR) is 300 cm³/mol. The van der Waals surface area contributed by atoms with Crippen LogP contribution in [0.2, 0.25) is 0 Å². The van der Waals surface area contributed by atoms with Crippen LogP contribution >= 0.6 is 0 Å². The van der Waals surface area contributed by atoms with Gasteiger partial charge in [0.1, 0.15) is 0 Å². The van der Waals surface area contributed by atoms with Gasteiger partial charge in [0.05, 0.1) is 5.69 Å². The van der Waals surface area contributed by atoms with Gasteiger partial charge in [-0.25, -0.2) is 0 Å². The summed E-state index contributed by atoms with van der Waals surface area (Å²) in [5.74, 6) is 0. The van der Waals surface area contributed by atoms with E-state index in [1.54, 1.807) is 0 Å². The van der Waals surface area contributed by atoms with E-state index in [1.807, 2.05) is 0 Å². The van der Waals surface area contributed by atoms with E-state index in [0.29, 0.717) is 0 Å². The second-order valence-corrected chi connectivity index (χ2v) is 19.9. The highest BCUT2D eigenvalue weighted by atomic mass is 15.2. The van der Waals surface area contributed by atoms with Gasteiger partial charge < -0.3 is 14.7 Å². The van der Waals surface area contributed by atoms with Gasteiger partial charge in [0, 0.05) is 51.1 Å². The zero-order valence-electron chi connectivity index (χ0n) is 40.4. The van der Waals surface area contributed by atoms with Crippen LogP contribution in [0.3, 0.4) is 0 Å². The molecule has 2 aliphatic heterocycles. The van der Waals surface area contributed by atoms with Gasteiger partial charge >= 0.3 is 0 Å². The van der Waals surface area contributed by atoms with Crippen molar-refractivity contribution < 1.29 is 0 Å². The number of anilines is 9. The summed E-state index contributed by atoms with van der Waals surface area (Å²) in [6, 6.07) is 87.7. The number of aryl methyl sites for hydroxylation is 2. The number of fused-ring (bicyclic) bond motifs is 4. The molecule has 0 radical (unpaired) electrons. The first-order chi connectivity index (χ1) is 34.2. The van der Waals surface area contributed by atoms with Crippen LogP contribution in [0.4, 0.5) is 51.2 Å². The molecule has 12 rings (SSSR count). The second kappa shape index (κ2) is 17.3. The van der Waals surface area contributed by atoms with E-state index in [-0.39, 0.29) is 12.1 Å². The Morgan fingerprint density at radius 1 is 0.371 bits per heavy atom. The monoisotopic (exact) mass is 899 g/mol. The van der Waals surface area contributed by atoms with Crippen LogP contribution in [-0.2, 0) is 5.41 Å². The number of para-hydroxylation sites is 2.